The van der Waals surface area contributed by atoms with Gasteiger partial charge in [-0.05, 0) is 19.2 Å². The molecule has 0 saturated heterocycles. The number of aromatic nitrogens is 4. The Morgan fingerprint density at radius 1 is 1.10 bits per heavy atom. The lowest BCUT2D eigenvalue weighted by atomic mass is 10.2. The highest BCUT2D eigenvalue weighted by Gasteiger charge is 2.11. The second-order valence-corrected chi connectivity index (χ2v) is 4.82. The summed E-state index contributed by atoms with van der Waals surface area (Å²) in [5, 5.41) is 7.94. The van der Waals surface area contributed by atoms with Crippen LogP contribution >= 0.6 is 0 Å². The molecule has 0 saturated carbocycles. The Labute approximate surface area is 121 Å². The van der Waals surface area contributed by atoms with E-state index < -0.39 is 0 Å². The van der Waals surface area contributed by atoms with E-state index in [1.54, 1.807) is 19.3 Å². The predicted octanol–water partition coefficient (Wildman–Crippen LogP) is 2.06. The van der Waals surface area contributed by atoms with Crippen LogP contribution in [0.4, 0.5) is 0 Å². The van der Waals surface area contributed by atoms with Crippen LogP contribution in [0, 0.1) is 6.92 Å². The zero-order chi connectivity index (χ0) is 14.7. The highest BCUT2D eigenvalue weighted by molar-refractivity contribution is 5.57. The van der Waals surface area contributed by atoms with E-state index in [9.17, 15) is 0 Å². The number of hydrogen-bond acceptors (Lipinski definition) is 7. The summed E-state index contributed by atoms with van der Waals surface area (Å²) in [5.74, 6) is 2.01. The van der Waals surface area contributed by atoms with Gasteiger partial charge >= 0.3 is 0 Å². The molecule has 3 aromatic heterocycles. The summed E-state index contributed by atoms with van der Waals surface area (Å²) >= 11 is 0. The van der Waals surface area contributed by atoms with E-state index in [-0.39, 0.29) is 0 Å². The number of aryl methyl sites for hydroxylation is 1. The van der Waals surface area contributed by atoms with Crippen LogP contribution in [0.3, 0.4) is 0 Å². The molecule has 0 aliphatic rings. The van der Waals surface area contributed by atoms with Gasteiger partial charge in [0.15, 0.2) is 11.6 Å². The first-order valence-corrected chi connectivity index (χ1v) is 6.54. The van der Waals surface area contributed by atoms with Crippen LogP contribution in [-0.4, -0.2) is 32.2 Å². The van der Waals surface area contributed by atoms with Gasteiger partial charge in [0.25, 0.3) is 0 Å². The number of rotatable bonds is 5. The third-order valence-electron chi connectivity index (χ3n) is 2.94. The van der Waals surface area contributed by atoms with Gasteiger partial charge in [-0.1, -0.05) is 10.3 Å². The number of pyridine rings is 1. The normalized spacial score (nSPS) is 11.2. The van der Waals surface area contributed by atoms with Gasteiger partial charge in [-0.2, -0.15) is 4.98 Å². The van der Waals surface area contributed by atoms with E-state index >= 15 is 0 Å². The fourth-order valence-electron chi connectivity index (χ4n) is 2.02. The fraction of sp³-hybridized carbons (Fsp3) is 0.286. The molecule has 0 bridgehead atoms. The zero-order valence-electron chi connectivity index (χ0n) is 11.9. The summed E-state index contributed by atoms with van der Waals surface area (Å²) in [7, 11) is 1.96. The van der Waals surface area contributed by atoms with Crippen LogP contribution in [0.5, 0.6) is 0 Å². The molecular weight excluding hydrogens is 270 g/mol. The zero-order valence-corrected chi connectivity index (χ0v) is 11.9. The van der Waals surface area contributed by atoms with Crippen molar-refractivity contribution in [3.63, 3.8) is 0 Å². The summed E-state index contributed by atoms with van der Waals surface area (Å²) in [5.41, 5.74) is 1.78. The average Bonchev–Trinajstić information content (AvgIpc) is 3.09. The highest BCUT2D eigenvalue weighted by atomic mass is 16.5. The van der Waals surface area contributed by atoms with Crippen LogP contribution in [0.1, 0.15) is 17.5 Å². The fourth-order valence-corrected chi connectivity index (χ4v) is 2.02. The largest absolute Gasteiger partial charge is 0.359 e. The molecule has 3 rings (SSSR count). The maximum Gasteiger partial charge on any atom is 0.223 e. The minimum absolute atomic E-state index is 0.568. The molecule has 0 radical (unpaired) electrons. The topological polar surface area (TPSA) is 81.1 Å². The molecule has 3 heterocycles. The minimum Gasteiger partial charge on any atom is -0.359 e. The Balaban J connectivity index is 1.64. The molecule has 0 aliphatic heterocycles. The van der Waals surface area contributed by atoms with Gasteiger partial charge in [0, 0.05) is 30.9 Å². The van der Waals surface area contributed by atoms with E-state index in [1.807, 2.05) is 30.1 Å². The van der Waals surface area contributed by atoms with Gasteiger partial charge in [0.1, 0.15) is 5.69 Å². The molecule has 0 fully saturated rings. The number of nitrogens with zero attached hydrogens (tertiary/aromatic N) is 5. The average molecular weight is 285 g/mol. The van der Waals surface area contributed by atoms with E-state index in [2.05, 4.69) is 20.3 Å². The third kappa shape index (κ3) is 3.32. The molecule has 7 nitrogen and oxygen atoms in total. The molecule has 0 amide bonds. The lowest BCUT2D eigenvalue weighted by molar-refractivity contribution is 0.258. The van der Waals surface area contributed by atoms with Crippen molar-refractivity contribution < 1.29 is 9.05 Å². The van der Waals surface area contributed by atoms with Crippen molar-refractivity contribution in [1.29, 1.82) is 0 Å². The molecule has 3 aromatic rings. The first-order valence-electron chi connectivity index (χ1n) is 6.54. The summed E-state index contributed by atoms with van der Waals surface area (Å²) < 4.78 is 10.3. The van der Waals surface area contributed by atoms with Crippen LogP contribution in [0.15, 0.2) is 39.6 Å². The SMILES string of the molecule is Cc1nc(CN(C)Cc2cc(-c3ccncc3)no2)no1. The van der Waals surface area contributed by atoms with Gasteiger partial charge in [0.05, 0.1) is 13.1 Å². The first kappa shape index (κ1) is 13.4. The van der Waals surface area contributed by atoms with Crippen molar-refractivity contribution in [2.24, 2.45) is 0 Å². The summed E-state index contributed by atoms with van der Waals surface area (Å²) in [6.07, 6.45) is 3.46. The highest BCUT2D eigenvalue weighted by Crippen LogP contribution is 2.18. The van der Waals surface area contributed by atoms with Crippen LogP contribution in [0.2, 0.25) is 0 Å². The lowest BCUT2D eigenvalue weighted by Crippen LogP contribution is -2.17. The van der Waals surface area contributed by atoms with Gasteiger partial charge in [-0.15, -0.1) is 0 Å². The summed E-state index contributed by atoms with van der Waals surface area (Å²) in [6.45, 7) is 2.97. The molecule has 0 unspecified atom stereocenters. The molecule has 0 N–H and O–H groups in total. The van der Waals surface area contributed by atoms with Crippen LogP contribution < -0.4 is 0 Å². The Morgan fingerprint density at radius 3 is 2.62 bits per heavy atom. The predicted molar refractivity (Wildman–Crippen MR) is 73.9 cm³/mol. The lowest BCUT2D eigenvalue weighted by Gasteiger charge is -2.11. The van der Waals surface area contributed by atoms with E-state index in [0.29, 0.717) is 24.8 Å². The molecular formula is C14H15N5O2. The Hall–Kier alpha value is -2.54. The third-order valence-corrected chi connectivity index (χ3v) is 2.94. The molecule has 0 aromatic carbocycles. The van der Waals surface area contributed by atoms with E-state index in [4.69, 9.17) is 9.05 Å². The van der Waals surface area contributed by atoms with Crippen molar-refractivity contribution in [1.82, 2.24) is 25.2 Å². The summed E-state index contributed by atoms with van der Waals surface area (Å²) in [6, 6.07) is 5.72. The van der Waals surface area contributed by atoms with Crippen LogP contribution in [0.25, 0.3) is 11.3 Å². The molecule has 0 atom stereocenters. The Kier molecular flexibility index (Phi) is 3.74. The maximum atomic E-state index is 5.36. The van der Waals surface area contributed by atoms with Gasteiger partial charge < -0.3 is 9.05 Å². The first-order chi connectivity index (χ1) is 10.2. The van der Waals surface area contributed by atoms with Crippen molar-refractivity contribution >= 4 is 0 Å². The van der Waals surface area contributed by atoms with Crippen molar-refractivity contribution in [3.8, 4) is 11.3 Å². The second-order valence-electron chi connectivity index (χ2n) is 4.82. The van der Waals surface area contributed by atoms with Crippen molar-refractivity contribution in [2.75, 3.05) is 7.05 Å². The quantitative estimate of drug-likeness (QED) is 0.709. The number of hydrogen-bond donors (Lipinski definition) is 0. The monoisotopic (exact) mass is 285 g/mol. The van der Waals surface area contributed by atoms with E-state index in [1.165, 1.54) is 0 Å². The molecule has 0 aliphatic carbocycles. The van der Waals surface area contributed by atoms with Gasteiger partial charge in [0.2, 0.25) is 5.89 Å². The second kappa shape index (κ2) is 5.84. The van der Waals surface area contributed by atoms with Gasteiger partial charge in [-0.25, -0.2) is 0 Å². The molecule has 7 heteroatoms. The molecule has 108 valence electrons. The van der Waals surface area contributed by atoms with Crippen molar-refractivity contribution in [2.45, 2.75) is 20.0 Å². The standard InChI is InChI=1S/C14H15N5O2/c1-10-16-14(18-20-10)9-19(2)8-12-7-13(17-21-12)11-3-5-15-6-4-11/h3-7H,8-9H2,1-2H3. The Morgan fingerprint density at radius 2 is 1.90 bits per heavy atom. The summed E-state index contributed by atoms with van der Waals surface area (Å²) in [4.78, 5) is 10.2. The van der Waals surface area contributed by atoms with Crippen molar-refractivity contribution in [3.05, 3.63) is 48.1 Å². The smallest absolute Gasteiger partial charge is 0.223 e. The molecule has 21 heavy (non-hydrogen) atoms. The minimum atomic E-state index is 0.568. The van der Waals surface area contributed by atoms with Crippen LogP contribution in [-0.2, 0) is 13.1 Å². The van der Waals surface area contributed by atoms with Gasteiger partial charge in [-0.3, -0.25) is 9.88 Å². The van der Waals surface area contributed by atoms with E-state index in [0.717, 1.165) is 17.0 Å². The molecule has 0 spiro atoms. The maximum absolute atomic E-state index is 5.36. The Bertz CT molecular complexity index is 707.